The van der Waals surface area contributed by atoms with E-state index < -0.39 is 0 Å². The van der Waals surface area contributed by atoms with E-state index in [-0.39, 0.29) is 0 Å². The summed E-state index contributed by atoms with van der Waals surface area (Å²) in [6.07, 6.45) is 3.60. The standard InChI is InChI=1S/C35H22N4/c1-37-30-13-6-25(7-14-30)26-8-15-31(16-9-26)39(32-17-10-27(11-18-32)28-20-22-38-23-21-28)35-19-12-29(24-36)33-4-2-3-5-34(33)35/h2-23H. The first-order valence-corrected chi connectivity index (χ1v) is 12.6. The summed E-state index contributed by atoms with van der Waals surface area (Å²) < 4.78 is 0. The molecule has 0 aliphatic carbocycles. The molecule has 6 aromatic rings. The number of nitrogens with zero attached hydrogens (tertiary/aromatic N) is 4. The van der Waals surface area contributed by atoms with Crippen LogP contribution in [-0.2, 0) is 0 Å². The van der Waals surface area contributed by atoms with Gasteiger partial charge in [0.1, 0.15) is 0 Å². The molecule has 0 saturated carbocycles. The number of nitriles is 1. The Balaban J connectivity index is 1.47. The van der Waals surface area contributed by atoms with Crippen molar-refractivity contribution < 1.29 is 0 Å². The molecule has 0 aliphatic rings. The van der Waals surface area contributed by atoms with Crippen LogP contribution in [0.1, 0.15) is 5.56 Å². The first-order valence-electron chi connectivity index (χ1n) is 12.6. The van der Waals surface area contributed by atoms with E-state index in [2.05, 4.69) is 75.4 Å². The molecular weight excluding hydrogens is 476 g/mol. The minimum absolute atomic E-state index is 0.629. The number of benzene rings is 5. The van der Waals surface area contributed by atoms with Gasteiger partial charge in [0.15, 0.2) is 5.69 Å². The highest BCUT2D eigenvalue weighted by molar-refractivity contribution is 6.01. The van der Waals surface area contributed by atoms with Crippen molar-refractivity contribution in [1.29, 1.82) is 5.26 Å². The third kappa shape index (κ3) is 4.60. The molecule has 39 heavy (non-hydrogen) atoms. The number of fused-ring (bicyclic) bond motifs is 1. The Hall–Kier alpha value is -5.71. The monoisotopic (exact) mass is 498 g/mol. The predicted molar refractivity (Wildman–Crippen MR) is 158 cm³/mol. The third-order valence-corrected chi connectivity index (χ3v) is 6.86. The molecule has 0 spiro atoms. The molecule has 0 fully saturated rings. The largest absolute Gasteiger partial charge is 0.310 e. The molecule has 6 rings (SSSR count). The SMILES string of the molecule is [C-]#[N+]c1ccc(-c2ccc(N(c3ccc(-c4ccncc4)cc3)c3ccc(C#N)c4ccccc34)cc2)cc1. The zero-order chi connectivity index (χ0) is 26.6. The molecule has 0 unspecified atom stereocenters. The minimum atomic E-state index is 0.629. The van der Waals surface area contributed by atoms with Gasteiger partial charge in [-0.1, -0.05) is 72.8 Å². The Morgan fingerprint density at radius 1 is 0.590 bits per heavy atom. The van der Waals surface area contributed by atoms with Gasteiger partial charge in [0, 0.05) is 34.5 Å². The highest BCUT2D eigenvalue weighted by atomic mass is 15.1. The molecule has 182 valence electrons. The average molecular weight is 499 g/mol. The zero-order valence-electron chi connectivity index (χ0n) is 21.0. The predicted octanol–water partition coefficient (Wildman–Crippen LogP) is 9.46. The lowest BCUT2D eigenvalue weighted by atomic mass is 10.0. The molecule has 0 N–H and O–H groups in total. The first kappa shape index (κ1) is 23.7. The summed E-state index contributed by atoms with van der Waals surface area (Å²) in [6.45, 7) is 7.20. The first-order chi connectivity index (χ1) is 19.2. The molecule has 0 amide bonds. The molecule has 0 atom stereocenters. The minimum Gasteiger partial charge on any atom is -0.310 e. The van der Waals surface area contributed by atoms with Crippen LogP contribution < -0.4 is 4.90 Å². The Kier molecular flexibility index (Phi) is 6.28. The molecule has 1 heterocycles. The summed E-state index contributed by atoms with van der Waals surface area (Å²) in [6, 6.07) is 42.9. The lowest BCUT2D eigenvalue weighted by Crippen LogP contribution is -2.10. The van der Waals surface area contributed by atoms with Gasteiger partial charge in [-0.05, 0) is 70.8 Å². The average Bonchev–Trinajstić information content (AvgIpc) is 3.02. The molecule has 0 bridgehead atoms. The highest BCUT2D eigenvalue weighted by Gasteiger charge is 2.17. The summed E-state index contributed by atoms with van der Waals surface area (Å²) in [7, 11) is 0. The van der Waals surface area contributed by atoms with Crippen LogP contribution in [-0.4, -0.2) is 4.98 Å². The number of rotatable bonds is 5. The van der Waals surface area contributed by atoms with Gasteiger partial charge in [-0.15, -0.1) is 0 Å². The van der Waals surface area contributed by atoms with E-state index in [0.717, 1.165) is 50.1 Å². The molecule has 5 aromatic carbocycles. The Morgan fingerprint density at radius 3 is 1.64 bits per heavy atom. The third-order valence-electron chi connectivity index (χ3n) is 6.86. The summed E-state index contributed by atoms with van der Waals surface area (Å²) in [5.41, 5.74) is 8.66. The van der Waals surface area contributed by atoms with Crippen LogP contribution in [0.15, 0.2) is 134 Å². The van der Waals surface area contributed by atoms with E-state index in [9.17, 15) is 5.26 Å². The maximum atomic E-state index is 9.73. The van der Waals surface area contributed by atoms with Crippen molar-refractivity contribution in [3.8, 4) is 28.3 Å². The molecule has 4 heteroatoms. The van der Waals surface area contributed by atoms with Gasteiger partial charge in [0.25, 0.3) is 0 Å². The van der Waals surface area contributed by atoms with Crippen molar-refractivity contribution in [2.24, 2.45) is 0 Å². The molecule has 4 nitrogen and oxygen atoms in total. The topological polar surface area (TPSA) is 44.3 Å². The number of hydrogen-bond acceptors (Lipinski definition) is 3. The van der Waals surface area contributed by atoms with Crippen molar-refractivity contribution >= 4 is 33.5 Å². The summed E-state index contributed by atoms with van der Waals surface area (Å²) >= 11 is 0. The molecule has 0 radical (unpaired) electrons. The van der Waals surface area contributed by atoms with Crippen LogP contribution in [0.4, 0.5) is 22.7 Å². The molecular formula is C35H22N4. The fourth-order valence-corrected chi connectivity index (χ4v) is 4.88. The van der Waals surface area contributed by atoms with Crippen molar-refractivity contribution in [1.82, 2.24) is 4.98 Å². The van der Waals surface area contributed by atoms with E-state index in [1.807, 2.05) is 66.7 Å². The quantitative estimate of drug-likeness (QED) is 0.222. The fraction of sp³-hybridized carbons (Fsp3) is 0. The fourth-order valence-electron chi connectivity index (χ4n) is 4.88. The number of anilines is 3. The van der Waals surface area contributed by atoms with E-state index in [1.165, 1.54) is 0 Å². The van der Waals surface area contributed by atoms with Crippen LogP contribution in [0, 0.1) is 17.9 Å². The number of aromatic nitrogens is 1. The van der Waals surface area contributed by atoms with E-state index in [4.69, 9.17) is 6.57 Å². The van der Waals surface area contributed by atoms with E-state index in [1.54, 1.807) is 12.4 Å². The van der Waals surface area contributed by atoms with Crippen LogP contribution in [0.25, 0.3) is 37.9 Å². The summed E-state index contributed by atoms with van der Waals surface area (Å²) in [5, 5.41) is 11.7. The zero-order valence-corrected chi connectivity index (χ0v) is 21.0. The number of hydrogen-bond donors (Lipinski definition) is 0. The van der Waals surface area contributed by atoms with Gasteiger partial charge in [-0.25, -0.2) is 4.85 Å². The van der Waals surface area contributed by atoms with Gasteiger partial charge in [-0.2, -0.15) is 5.26 Å². The highest BCUT2D eigenvalue weighted by Crippen LogP contribution is 2.41. The van der Waals surface area contributed by atoms with Gasteiger partial charge in [-0.3, -0.25) is 4.98 Å². The Morgan fingerprint density at radius 2 is 1.10 bits per heavy atom. The Labute approximate surface area is 227 Å². The van der Waals surface area contributed by atoms with Crippen molar-refractivity contribution in [3.05, 3.63) is 151 Å². The smallest absolute Gasteiger partial charge is 0.187 e. The van der Waals surface area contributed by atoms with Crippen LogP contribution in [0.3, 0.4) is 0 Å². The van der Waals surface area contributed by atoms with E-state index in [0.29, 0.717) is 11.3 Å². The second-order valence-electron chi connectivity index (χ2n) is 9.11. The van der Waals surface area contributed by atoms with Crippen molar-refractivity contribution in [2.45, 2.75) is 0 Å². The second kappa shape index (κ2) is 10.3. The summed E-state index contributed by atoms with van der Waals surface area (Å²) in [5.74, 6) is 0. The van der Waals surface area contributed by atoms with Crippen molar-refractivity contribution in [3.63, 3.8) is 0 Å². The molecule has 1 aromatic heterocycles. The number of pyridine rings is 1. The normalized spacial score (nSPS) is 10.5. The van der Waals surface area contributed by atoms with Gasteiger partial charge >= 0.3 is 0 Å². The molecule has 0 aliphatic heterocycles. The van der Waals surface area contributed by atoms with Crippen LogP contribution in [0.5, 0.6) is 0 Å². The van der Waals surface area contributed by atoms with Crippen LogP contribution in [0.2, 0.25) is 0 Å². The second-order valence-corrected chi connectivity index (χ2v) is 9.11. The Bertz CT molecular complexity index is 1840. The molecule has 0 saturated heterocycles. The van der Waals surface area contributed by atoms with E-state index >= 15 is 0 Å². The maximum Gasteiger partial charge on any atom is 0.187 e. The lowest BCUT2D eigenvalue weighted by Gasteiger charge is -2.27. The summed E-state index contributed by atoms with van der Waals surface area (Å²) in [4.78, 5) is 9.85. The van der Waals surface area contributed by atoms with Crippen molar-refractivity contribution in [2.75, 3.05) is 4.90 Å². The van der Waals surface area contributed by atoms with Crippen LogP contribution >= 0.6 is 0 Å². The van der Waals surface area contributed by atoms with Gasteiger partial charge < -0.3 is 4.90 Å². The van der Waals surface area contributed by atoms with Gasteiger partial charge in [0.05, 0.1) is 23.9 Å². The maximum absolute atomic E-state index is 9.73. The lowest BCUT2D eigenvalue weighted by molar-refractivity contribution is 1.29. The van der Waals surface area contributed by atoms with Gasteiger partial charge in [0.2, 0.25) is 0 Å².